The second-order valence-corrected chi connectivity index (χ2v) is 7.75. The smallest absolute Gasteiger partial charge is 0.368 e. The molecule has 0 atom stereocenters. The number of anilines is 3. The molecule has 1 fully saturated rings. The number of amides is 2. The van der Waals surface area contributed by atoms with Gasteiger partial charge in [-0.25, -0.2) is 9.78 Å². The predicted octanol–water partition coefficient (Wildman–Crippen LogP) is 4.58. The van der Waals surface area contributed by atoms with E-state index in [0.717, 1.165) is 43.8 Å². The topological polar surface area (TPSA) is 74.2 Å². The summed E-state index contributed by atoms with van der Waals surface area (Å²) in [5, 5.41) is 10.4. The molecule has 1 N–H and O–H groups in total. The van der Waals surface area contributed by atoms with Crippen LogP contribution in [0.15, 0.2) is 54.7 Å². The Labute approximate surface area is 181 Å². The molecule has 5 heterocycles. The number of carbonyl (C=O) groups is 1. The lowest BCUT2D eigenvalue weighted by atomic mass is 10.1. The van der Waals surface area contributed by atoms with Crippen molar-refractivity contribution in [3.8, 4) is 11.3 Å². The molecule has 32 heavy (non-hydrogen) atoms. The van der Waals surface area contributed by atoms with Crippen molar-refractivity contribution in [1.82, 2.24) is 15.2 Å². The van der Waals surface area contributed by atoms with Crippen LogP contribution in [0.2, 0.25) is 0 Å². The maximum Gasteiger partial charge on any atom is 0.416 e. The van der Waals surface area contributed by atoms with Crippen LogP contribution in [0.4, 0.5) is 35.3 Å². The van der Waals surface area contributed by atoms with Crippen molar-refractivity contribution in [3.05, 3.63) is 60.3 Å². The largest absolute Gasteiger partial charge is 0.416 e. The summed E-state index contributed by atoms with van der Waals surface area (Å²) in [6.07, 6.45) is -1.41. The average molecular weight is 440 g/mol. The number of alkyl halides is 3. The Morgan fingerprint density at radius 3 is 2.59 bits per heavy atom. The summed E-state index contributed by atoms with van der Waals surface area (Å²) in [7, 11) is 0. The minimum atomic E-state index is -4.45. The normalized spacial score (nSPS) is 16.0. The molecule has 10 heteroatoms. The highest BCUT2D eigenvalue weighted by Gasteiger charge is 2.37. The number of carbonyl (C=O) groups excluding carboxylic acids is 1. The van der Waals surface area contributed by atoms with Crippen molar-refractivity contribution >= 4 is 23.4 Å². The Kier molecular flexibility index (Phi) is 4.91. The van der Waals surface area contributed by atoms with Gasteiger partial charge in [0.1, 0.15) is 0 Å². The Balaban J connectivity index is 1.56. The maximum atomic E-state index is 13.2. The fraction of sp³-hybridized carbons (Fsp3) is 0.273. The highest BCUT2D eigenvalue weighted by molar-refractivity contribution is 6.03. The van der Waals surface area contributed by atoms with Gasteiger partial charge < -0.3 is 4.90 Å². The fourth-order valence-electron chi connectivity index (χ4n) is 4.22. The van der Waals surface area contributed by atoms with Crippen LogP contribution in [-0.4, -0.2) is 40.3 Å². The number of hydrogen-bond donors (Lipinski definition) is 1. The molecule has 6 rings (SSSR count). The highest BCUT2D eigenvalue weighted by atomic mass is 19.4. The van der Waals surface area contributed by atoms with Gasteiger partial charge in [0, 0.05) is 30.9 Å². The third-order valence-electron chi connectivity index (χ3n) is 5.76. The van der Waals surface area contributed by atoms with Crippen LogP contribution >= 0.6 is 0 Å². The Morgan fingerprint density at radius 1 is 1.06 bits per heavy atom. The summed E-state index contributed by atoms with van der Waals surface area (Å²) in [4.78, 5) is 21.7. The monoisotopic (exact) mass is 440 g/mol. The highest BCUT2D eigenvalue weighted by Crippen LogP contribution is 2.40. The van der Waals surface area contributed by atoms with Crippen molar-refractivity contribution in [2.45, 2.75) is 25.1 Å². The van der Waals surface area contributed by atoms with Crippen LogP contribution < -0.4 is 15.1 Å². The molecule has 0 spiro atoms. The molecule has 0 saturated carbocycles. The third kappa shape index (κ3) is 3.72. The number of aromatic nitrogens is 3. The SMILES string of the molecule is O=C(Nc1cccnn1)N1c2nc(-c3cccc(C(F)(F)F)c3)ccc2N2CCC1CC2. The molecule has 164 valence electrons. The first-order valence-corrected chi connectivity index (χ1v) is 10.2. The van der Waals surface area contributed by atoms with E-state index < -0.39 is 17.8 Å². The zero-order chi connectivity index (χ0) is 22.3. The maximum absolute atomic E-state index is 13.2. The Morgan fingerprint density at radius 2 is 1.88 bits per heavy atom. The van der Waals surface area contributed by atoms with Crippen LogP contribution in [0.25, 0.3) is 11.3 Å². The van der Waals surface area contributed by atoms with Crippen LogP contribution in [0.5, 0.6) is 0 Å². The van der Waals surface area contributed by atoms with Crippen molar-refractivity contribution < 1.29 is 18.0 Å². The van der Waals surface area contributed by atoms with Crippen molar-refractivity contribution in [2.24, 2.45) is 0 Å². The van der Waals surface area contributed by atoms with E-state index in [1.807, 2.05) is 6.07 Å². The van der Waals surface area contributed by atoms with Crippen LogP contribution in [0.3, 0.4) is 0 Å². The first-order valence-electron chi connectivity index (χ1n) is 10.2. The van der Waals surface area contributed by atoms with E-state index in [1.54, 1.807) is 29.2 Å². The zero-order valence-electron chi connectivity index (χ0n) is 16.9. The molecule has 1 aromatic carbocycles. The van der Waals surface area contributed by atoms with E-state index in [9.17, 15) is 18.0 Å². The number of benzene rings is 1. The predicted molar refractivity (Wildman–Crippen MR) is 113 cm³/mol. The first kappa shape index (κ1) is 20.2. The van der Waals surface area contributed by atoms with Gasteiger partial charge in [0.05, 0.1) is 16.9 Å². The summed E-state index contributed by atoms with van der Waals surface area (Å²) >= 11 is 0. The number of halogens is 3. The summed E-state index contributed by atoms with van der Waals surface area (Å²) in [5.74, 6) is 0.744. The molecule has 0 aliphatic carbocycles. The lowest BCUT2D eigenvalue weighted by Crippen LogP contribution is -2.46. The number of piperidine rings is 1. The second kappa shape index (κ2) is 7.77. The van der Waals surface area contributed by atoms with Gasteiger partial charge in [-0.3, -0.25) is 10.2 Å². The lowest BCUT2D eigenvalue weighted by Gasteiger charge is -2.31. The van der Waals surface area contributed by atoms with E-state index in [2.05, 4.69) is 25.4 Å². The van der Waals surface area contributed by atoms with Gasteiger partial charge in [-0.2, -0.15) is 18.3 Å². The average Bonchev–Trinajstić information content (AvgIpc) is 3.05. The number of urea groups is 1. The molecule has 2 aromatic heterocycles. The molecule has 3 aliphatic heterocycles. The number of nitrogens with one attached hydrogen (secondary N) is 1. The summed E-state index contributed by atoms with van der Waals surface area (Å²) < 4.78 is 39.6. The minimum absolute atomic E-state index is 0.0755. The quantitative estimate of drug-likeness (QED) is 0.632. The summed E-state index contributed by atoms with van der Waals surface area (Å²) in [6.45, 7) is 1.55. The second-order valence-electron chi connectivity index (χ2n) is 7.75. The molecule has 2 amide bonds. The molecule has 2 bridgehead atoms. The Hall–Kier alpha value is -3.69. The van der Waals surface area contributed by atoms with E-state index in [0.29, 0.717) is 22.9 Å². The molecule has 1 saturated heterocycles. The van der Waals surface area contributed by atoms with Gasteiger partial charge in [-0.1, -0.05) is 12.1 Å². The number of hydrogen-bond acceptors (Lipinski definition) is 5. The van der Waals surface area contributed by atoms with Gasteiger partial charge in [-0.05, 0) is 49.2 Å². The van der Waals surface area contributed by atoms with Crippen LogP contribution in [0.1, 0.15) is 18.4 Å². The molecular weight excluding hydrogens is 421 g/mol. The lowest BCUT2D eigenvalue weighted by molar-refractivity contribution is -0.137. The summed E-state index contributed by atoms with van der Waals surface area (Å²) in [6, 6.07) is 11.4. The van der Waals surface area contributed by atoms with Gasteiger partial charge in [0.25, 0.3) is 0 Å². The van der Waals surface area contributed by atoms with E-state index in [1.165, 1.54) is 12.3 Å². The van der Waals surface area contributed by atoms with Gasteiger partial charge in [0.15, 0.2) is 11.6 Å². The zero-order valence-corrected chi connectivity index (χ0v) is 16.9. The number of rotatable bonds is 2. The van der Waals surface area contributed by atoms with Crippen LogP contribution in [-0.2, 0) is 6.18 Å². The molecular formula is C22H19F3N6O. The van der Waals surface area contributed by atoms with Crippen molar-refractivity contribution in [1.29, 1.82) is 0 Å². The van der Waals surface area contributed by atoms with E-state index in [4.69, 9.17) is 0 Å². The number of fused-ring (bicyclic) bond motifs is 2. The Bertz CT molecular complexity index is 1150. The van der Waals surface area contributed by atoms with Crippen molar-refractivity contribution in [2.75, 3.05) is 28.2 Å². The van der Waals surface area contributed by atoms with E-state index >= 15 is 0 Å². The van der Waals surface area contributed by atoms with Gasteiger partial charge in [0.2, 0.25) is 0 Å². The molecule has 7 nitrogen and oxygen atoms in total. The summed E-state index contributed by atoms with van der Waals surface area (Å²) in [5.41, 5.74) is 0.751. The minimum Gasteiger partial charge on any atom is -0.368 e. The number of pyridine rings is 1. The first-order chi connectivity index (χ1) is 15.4. The number of nitrogens with zero attached hydrogens (tertiary/aromatic N) is 5. The van der Waals surface area contributed by atoms with Gasteiger partial charge in [-0.15, -0.1) is 5.10 Å². The standard InChI is InChI=1S/C22H19F3N6O/c23-22(24,25)15-4-1-3-14(13-15)17-6-7-18-20(27-17)31(16-8-11-30(18)12-9-16)21(32)28-19-5-2-10-26-29-19/h1-7,10,13,16H,8-9,11-12H2,(H,28,29,32). The molecule has 0 radical (unpaired) electrons. The van der Waals surface area contributed by atoms with Crippen molar-refractivity contribution in [3.63, 3.8) is 0 Å². The third-order valence-corrected chi connectivity index (χ3v) is 5.76. The van der Waals surface area contributed by atoms with E-state index in [-0.39, 0.29) is 6.04 Å². The van der Waals surface area contributed by atoms with Gasteiger partial charge >= 0.3 is 12.2 Å². The molecule has 0 unspecified atom stereocenters. The fourth-order valence-corrected chi connectivity index (χ4v) is 4.22. The molecule has 3 aliphatic rings. The van der Waals surface area contributed by atoms with Crippen LogP contribution in [0, 0.1) is 0 Å². The molecule has 3 aromatic rings.